The molecule has 2 N–H and O–H groups in total. The van der Waals surface area contributed by atoms with Crippen LogP contribution in [0.2, 0.25) is 0 Å². The summed E-state index contributed by atoms with van der Waals surface area (Å²) in [5.41, 5.74) is 6.59. The monoisotopic (exact) mass is 296 g/mol. The van der Waals surface area contributed by atoms with Crippen LogP contribution in [0, 0.1) is 11.8 Å². The number of nitrogens with two attached hydrogens (primary N) is 1. The average molecular weight is 296 g/mol. The molecule has 0 bridgehead atoms. The smallest absolute Gasteiger partial charge is 0.0502 e. The SMILES string of the molecule is CCCC1CCCC(CN)(N2CCCC(COC)C2)CC1. The van der Waals surface area contributed by atoms with Crippen molar-refractivity contribution >= 4 is 0 Å². The van der Waals surface area contributed by atoms with Gasteiger partial charge in [-0.15, -0.1) is 0 Å². The molecule has 1 aliphatic heterocycles. The fourth-order valence-electron chi connectivity index (χ4n) is 4.68. The maximum atomic E-state index is 6.30. The number of piperidine rings is 1. The maximum absolute atomic E-state index is 6.30. The first-order valence-corrected chi connectivity index (χ1v) is 9.18. The molecule has 0 radical (unpaired) electrons. The van der Waals surface area contributed by atoms with Crippen LogP contribution >= 0.6 is 0 Å². The summed E-state index contributed by atoms with van der Waals surface area (Å²) in [6.07, 6.45) is 12.2. The van der Waals surface area contributed by atoms with Crippen LogP contribution in [0.5, 0.6) is 0 Å². The van der Waals surface area contributed by atoms with E-state index in [0.29, 0.717) is 5.92 Å². The van der Waals surface area contributed by atoms with E-state index < -0.39 is 0 Å². The lowest BCUT2D eigenvalue weighted by atomic mass is 9.84. The van der Waals surface area contributed by atoms with Crippen molar-refractivity contribution in [2.75, 3.05) is 33.4 Å². The van der Waals surface area contributed by atoms with Gasteiger partial charge in [0.15, 0.2) is 0 Å². The Bertz CT molecular complexity index is 295. The molecule has 3 atom stereocenters. The molecule has 21 heavy (non-hydrogen) atoms. The zero-order valence-electron chi connectivity index (χ0n) is 14.3. The molecule has 1 saturated heterocycles. The minimum absolute atomic E-state index is 0.287. The molecule has 3 unspecified atom stereocenters. The Morgan fingerprint density at radius 2 is 1.95 bits per heavy atom. The third-order valence-electron chi connectivity index (χ3n) is 5.94. The number of hydrogen-bond acceptors (Lipinski definition) is 3. The van der Waals surface area contributed by atoms with Gasteiger partial charge in [0.2, 0.25) is 0 Å². The zero-order valence-corrected chi connectivity index (χ0v) is 14.3. The van der Waals surface area contributed by atoms with E-state index in [1.165, 1.54) is 70.9 Å². The second-order valence-corrected chi connectivity index (χ2v) is 7.42. The molecular weight excluding hydrogens is 260 g/mol. The lowest BCUT2D eigenvalue weighted by molar-refractivity contribution is 0.0132. The van der Waals surface area contributed by atoms with Crippen LogP contribution in [0.4, 0.5) is 0 Å². The molecule has 3 heteroatoms. The highest BCUT2D eigenvalue weighted by molar-refractivity contribution is 4.96. The molecule has 2 fully saturated rings. The largest absolute Gasteiger partial charge is 0.384 e. The average Bonchev–Trinajstić information content (AvgIpc) is 2.72. The summed E-state index contributed by atoms with van der Waals surface area (Å²) < 4.78 is 5.40. The topological polar surface area (TPSA) is 38.5 Å². The molecule has 1 saturated carbocycles. The Hall–Kier alpha value is -0.120. The molecule has 3 nitrogen and oxygen atoms in total. The third-order valence-corrected chi connectivity index (χ3v) is 5.94. The van der Waals surface area contributed by atoms with Crippen LogP contribution in [0.1, 0.15) is 64.7 Å². The van der Waals surface area contributed by atoms with Gasteiger partial charge in [-0.3, -0.25) is 4.90 Å². The van der Waals surface area contributed by atoms with Crippen LogP contribution in [-0.2, 0) is 4.74 Å². The van der Waals surface area contributed by atoms with Gasteiger partial charge in [-0.1, -0.05) is 32.6 Å². The van der Waals surface area contributed by atoms with Gasteiger partial charge in [0, 0.05) is 25.7 Å². The van der Waals surface area contributed by atoms with Gasteiger partial charge < -0.3 is 10.5 Å². The highest BCUT2D eigenvalue weighted by Gasteiger charge is 2.39. The fourth-order valence-corrected chi connectivity index (χ4v) is 4.68. The minimum atomic E-state index is 0.287. The molecule has 0 spiro atoms. The molecule has 0 aromatic carbocycles. The summed E-state index contributed by atoms with van der Waals surface area (Å²) in [6, 6.07) is 0. The lowest BCUT2D eigenvalue weighted by Crippen LogP contribution is -2.57. The number of methoxy groups -OCH3 is 1. The Kier molecular flexibility index (Phi) is 6.97. The molecule has 1 aliphatic carbocycles. The van der Waals surface area contributed by atoms with Crippen LogP contribution in [0.25, 0.3) is 0 Å². The number of hydrogen-bond donors (Lipinski definition) is 1. The summed E-state index contributed by atoms with van der Waals surface area (Å²) in [5, 5.41) is 0. The number of likely N-dealkylation sites (tertiary alicyclic amines) is 1. The Morgan fingerprint density at radius 3 is 2.67 bits per heavy atom. The van der Waals surface area contributed by atoms with E-state index >= 15 is 0 Å². The molecule has 2 rings (SSSR count). The van der Waals surface area contributed by atoms with Gasteiger partial charge in [-0.25, -0.2) is 0 Å². The number of rotatable bonds is 6. The van der Waals surface area contributed by atoms with Gasteiger partial charge >= 0.3 is 0 Å². The normalized spacial score (nSPS) is 35.6. The first-order valence-electron chi connectivity index (χ1n) is 9.18. The van der Waals surface area contributed by atoms with E-state index in [1.54, 1.807) is 0 Å². The third kappa shape index (κ3) is 4.43. The van der Waals surface area contributed by atoms with E-state index in [9.17, 15) is 0 Å². The quantitative estimate of drug-likeness (QED) is 0.763. The highest BCUT2D eigenvalue weighted by Crippen LogP contribution is 2.37. The van der Waals surface area contributed by atoms with E-state index in [-0.39, 0.29) is 5.54 Å². The number of nitrogens with zero attached hydrogens (tertiary/aromatic N) is 1. The lowest BCUT2D eigenvalue weighted by Gasteiger charge is -2.47. The van der Waals surface area contributed by atoms with Crippen LogP contribution in [0.15, 0.2) is 0 Å². The predicted octanol–water partition coefficient (Wildman–Crippen LogP) is 3.42. The summed E-state index contributed by atoms with van der Waals surface area (Å²) >= 11 is 0. The maximum Gasteiger partial charge on any atom is 0.0502 e. The molecule has 1 heterocycles. The Labute approximate surface area is 131 Å². The van der Waals surface area contributed by atoms with Gasteiger partial charge in [0.1, 0.15) is 0 Å². The predicted molar refractivity (Wildman–Crippen MR) is 89.4 cm³/mol. The van der Waals surface area contributed by atoms with Crippen molar-refractivity contribution in [2.24, 2.45) is 17.6 Å². The van der Waals surface area contributed by atoms with Gasteiger partial charge in [-0.2, -0.15) is 0 Å². The van der Waals surface area contributed by atoms with Crippen LogP contribution in [0.3, 0.4) is 0 Å². The van der Waals surface area contributed by atoms with Crippen molar-refractivity contribution in [1.82, 2.24) is 4.90 Å². The van der Waals surface area contributed by atoms with E-state index in [4.69, 9.17) is 10.5 Å². The standard InChI is InChI=1S/C18H36N2O/c1-3-6-16-7-4-10-18(15-19,11-9-16)20-12-5-8-17(13-20)14-21-2/h16-17H,3-15,19H2,1-2H3. The summed E-state index contributed by atoms with van der Waals surface area (Å²) in [5.74, 6) is 1.66. The summed E-state index contributed by atoms with van der Waals surface area (Å²) in [7, 11) is 1.83. The van der Waals surface area contributed by atoms with Crippen molar-refractivity contribution < 1.29 is 4.74 Å². The second kappa shape index (κ2) is 8.50. The molecule has 0 amide bonds. The van der Waals surface area contributed by atoms with Crippen molar-refractivity contribution in [3.63, 3.8) is 0 Å². The Balaban J connectivity index is 1.99. The van der Waals surface area contributed by atoms with Gasteiger partial charge in [-0.05, 0) is 50.5 Å². The fraction of sp³-hybridized carbons (Fsp3) is 1.00. The van der Waals surface area contributed by atoms with Crippen molar-refractivity contribution in [3.8, 4) is 0 Å². The number of ether oxygens (including phenoxy) is 1. The van der Waals surface area contributed by atoms with Crippen LogP contribution in [-0.4, -0.2) is 43.8 Å². The van der Waals surface area contributed by atoms with E-state index in [0.717, 1.165) is 19.1 Å². The van der Waals surface area contributed by atoms with E-state index in [1.807, 2.05) is 7.11 Å². The summed E-state index contributed by atoms with van der Waals surface area (Å²) in [6.45, 7) is 6.52. The highest BCUT2D eigenvalue weighted by atomic mass is 16.5. The van der Waals surface area contributed by atoms with Gasteiger partial charge in [0.05, 0.1) is 6.61 Å². The minimum Gasteiger partial charge on any atom is -0.384 e. The molecular formula is C18H36N2O. The first-order chi connectivity index (χ1) is 10.2. The van der Waals surface area contributed by atoms with Crippen molar-refractivity contribution in [1.29, 1.82) is 0 Å². The Morgan fingerprint density at radius 1 is 1.14 bits per heavy atom. The molecule has 124 valence electrons. The van der Waals surface area contributed by atoms with Crippen molar-refractivity contribution in [2.45, 2.75) is 70.3 Å². The van der Waals surface area contributed by atoms with Gasteiger partial charge in [0.25, 0.3) is 0 Å². The molecule has 0 aromatic heterocycles. The van der Waals surface area contributed by atoms with Crippen LogP contribution < -0.4 is 5.73 Å². The molecule has 0 aromatic rings. The summed E-state index contributed by atoms with van der Waals surface area (Å²) in [4.78, 5) is 2.74. The first kappa shape index (κ1) is 17.2. The van der Waals surface area contributed by atoms with Crippen molar-refractivity contribution in [3.05, 3.63) is 0 Å². The molecule has 2 aliphatic rings. The second-order valence-electron chi connectivity index (χ2n) is 7.42. The van der Waals surface area contributed by atoms with E-state index in [2.05, 4.69) is 11.8 Å². The zero-order chi connectivity index (χ0) is 15.1.